The number of hydrogen-bond acceptors (Lipinski definition) is 3. The highest BCUT2D eigenvalue weighted by Gasteiger charge is 2.33. The van der Waals surface area contributed by atoms with Crippen molar-refractivity contribution in [3.05, 3.63) is 0 Å². The van der Waals surface area contributed by atoms with Crippen molar-refractivity contribution in [3.63, 3.8) is 0 Å². The van der Waals surface area contributed by atoms with E-state index in [1.54, 1.807) is 0 Å². The maximum atomic E-state index is 11.6. The van der Waals surface area contributed by atoms with Crippen LogP contribution in [0.4, 0.5) is 4.79 Å². The molecule has 6 heteroatoms. The smallest absolute Gasteiger partial charge is 0.315 e. The van der Waals surface area contributed by atoms with Gasteiger partial charge in [0.25, 0.3) is 0 Å². The largest absolute Gasteiger partial charge is 0.481 e. The van der Waals surface area contributed by atoms with E-state index in [1.165, 1.54) is 0 Å². The molecule has 2 atom stereocenters. The molecular weight excluding hydrogens is 234 g/mol. The van der Waals surface area contributed by atoms with Gasteiger partial charge in [-0.2, -0.15) is 0 Å². The fraction of sp³-hybridized carbons (Fsp3) is 0.833. The van der Waals surface area contributed by atoms with Crippen LogP contribution in [-0.4, -0.2) is 54.7 Å². The van der Waals surface area contributed by atoms with Gasteiger partial charge in [-0.3, -0.25) is 4.79 Å². The lowest BCUT2D eigenvalue weighted by Crippen LogP contribution is -2.46. The van der Waals surface area contributed by atoms with Crippen molar-refractivity contribution in [1.29, 1.82) is 0 Å². The number of aliphatic carboxylic acids is 1. The van der Waals surface area contributed by atoms with Crippen molar-refractivity contribution in [1.82, 2.24) is 15.5 Å². The summed E-state index contributed by atoms with van der Waals surface area (Å²) >= 11 is 0. The fourth-order valence-corrected chi connectivity index (χ4v) is 2.17. The molecule has 104 valence electrons. The molecule has 2 unspecified atom stereocenters. The summed E-state index contributed by atoms with van der Waals surface area (Å²) in [6.45, 7) is 4.35. The molecule has 0 spiro atoms. The Kier molecular flexibility index (Phi) is 5.91. The average molecular weight is 257 g/mol. The van der Waals surface area contributed by atoms with Crippen LogP contribution in [0.15, 0.2) is 0 Å². The molecule has 6 nitrogen and oxygen atoms in total. The molecule has 1 aliphatic carbocycles. The van der Waals surface area contributed by atoms with Gasteiger partial charge >= 0.3 is 12.0 Å². The predicted octanol–water partition coefficient (Wildman–Crippen LogP) is 0.491. The van der Waals surface area contributed by atoms with Gasteiger partial charge in [0.2, 0.25) is 0 Å². The topological polar surface area (TPSA) is 81.7 Å². The van der Waals surface area contributed by atoms with Gasteiger partial charge in [-0.15, -0.1) is 0 Å². The third-order valence-electron chi connectivity index (χ3n) is 3.47. The van der Waals surface area contributed by atoms with Crippen LogP contribution < -0.4 is 10.6 Å². The molecule has 0 bridgehead atoms. The summed E-state index contributed by atoms with van der Waals surface area (Å²) in [5.74, 6) is -1.25. The van der Waals surface area contributed by atoms with Gasteiger partial charge in [0.1, 0.15) is 0 Å². The zero-order chi connectivity index (χ0) is 13.5. The minimum absolute atomic E-state index is 0.230. The van der Waals surface area contributed by atoms with E-state index in [1.807, 2.05) is 7.05 Å². The molecule has 0 saturated heterocycles. The maximum absolute atomic E-state index is 11.6. The summed E-state index contributed by atoms with van der Waals surface area (Å²) in [6.07, 6.45) is 2.26. The van der Waals surface area contributed by atoms with Crippen molar-refractivity contribution in [3.8, 4) is 0 Å². The number of nitrogens with one attached hydrogen (secondary N) is 2. The summed E-state index contributed by atoms with van der Waals surface area (Å²) < 4.78 is 0. The quantitative estimate of drug-likeness (QED) is 0.647. The van der Waals surface area contributed by atoms with Crippen molar-refractivity contribution in [2.45, 2.75) is 32.2 Å². The molecular formula is C12H23N3O3. The van der Waals surface area contributed by atoms with Crippen LogP contribution in [0.2, 0.25) is 0 Å². The Hall–Kier alpha value is -1.30. The number of carbonyl (C=O) groups is 2. The second-order valence-corrected chi connectivity index (χ2v) is 4.78. The van der Waals surface area contributed by atoms with Gasteiger partial charge in [0.05, 0.1) is 5.92 Å². The Morgan fingerprint density at radius 3 is 2.72 bits per heavy atom. The number of carboxylic acid groups (broad SMARTS) is 1. The molecule has 18 heavy (non-hydrogen) atoms. The lowest BCUT2D eigenvalue weighted by molar-refractivity contribution is -0.142. The number of amides is 2. The fourth-order valence-electron chi connectivity index (χ4n) is 2.17. The van der Waals surface area contributed by atoms with Gasteiger partial charge in [-0.1, -0.05) is 13.3 Å². The standard InChI is InChI=1S/C12H23N3O3/c1-3-15(2)8-7-13-12(18)14-10-6-4-5-9(10)11(16)17/h9-10H,3-8H2,1-2H3,(H,16,17)(H2,13,14,18). The second-order valence-electron chi connectivity index (χ2n) is 4.78. The highest BCUT2D eigenvalue weighted by atomic mass is 16.4. The van der Waals surface area contributed by atoms with E-state index in [0.29, 0.717) is 13.0 Å². The molecule has 0 aromatic rings. The lowest BCUT2D eigenvalue weighted by atomic mass is 10.0. The number of urea groups is 1. The van der Waals surface area contributed by atoms with E-state index in [-0.39, 0.29) is 12.1 Å². The first-order valence-electron chi connectivity index (χ1n) is 6.50. The summed E-state index contributed by atoms with van der Waals surface area (Å²) in [5.41, 5.74) is 0. The van der Waals surface area contributed by atoms with Crippen LogP contribution in [0.1, 0.15) is 26.2 Å². The number of carbonyl (C=O) groups excluding carboxylic acids is 1. The summed E-state index contributed by atoms with van der Waals surface area (Å²) in [5, 5.41) is 14.5. The van der Waals surface area contributed by atoms with E-state index < -0.39 is 11.9 Å². The maximum Gasteiger partial charge on any atom is 0.315 e. The van der Waals surface area contributed by atoms with Crippen LogP contribution in [0.5, 0.6) is 0 Å². The van der Waals surface area contributed by atoms with E-state index in [4.69, 9.17) is 5.11 Å². The number of carboxylic acids is 1. The Morgan fingerprint density at radius 1 is 1.39 bits per heavy atom. The van der Waals surface area contributed by atoms with Crippen LogP contribution in [0, 0.1) is 5.92 Å². The third kappa shape index (κ3) is 4.52. The second kappa shape index (κ2) is 7.20. The van der Waals surface area contributed by atoms with Crippen molar-refractivity contribution in [2.24, 2.45) is 5.92 Å². The molecule has 0 aromatic heterocycles. The summed E-state index contributed by atoms with van der Waals surface area (Å²) in [6, 6.07) is -0.496. The Labute approximate surface area is 108 Å². The molecule has 1 rings (SSSR count). The van der Waals surface area contributed by atoms with Crippen molar-refractivity contribution in [2.75, 3.05) is 26.7 Å². The monoisotopic (exact) mass is 257 g/mol. The van der Waals surface area contributed by atoms with Gasteiger partial charge in [0, 0.05) is 19.1 Å². The van der Waals surface area contributed by atoms with Crippen molar-refractivity contribution < 1.29 is 14.7 Å². The first-order valence-corrected chi connectivity index (χ1v) is 6.50. The third-order valence-corrected chi connectivity index (χ3v) is 3.47. The molecule has 3 N–H and O–H groups in total. The minimum atomic E-state index is -0.816. The first-order chi connectivity index (χ1) is 8.54. The minimum Gasteiger partial charge on any atom is -0.481 e. The van der Waals surface area contributed by atoms with Crippen molar-refractivity contribution >= 4 is 12.0 Å². The Bertz CT molecular complexity index is 296. The number of nitrogens with zero attached hydrogens (tertiary/aromatic N) is 1. The summed E-state index contributed by atoms with van der Waals surface area (Å²) in [4.78, 5) is 24.7. The van der Waals surface area contributed by atoms with Gasteiger partial charge < -0.3 is 20.6 Å². The van der Waals surface area contributed by atoms with Gasteiger partial charge in [-0.25, -0.2) is 4.79 Å². The zero-order valence-corrected chi connectivity index (χ0v) is 11.1. The SMILES string of the molecule is CCN(C)CCNC(=O)NC1CCCC1C(=O)O. The van der Waals surface area contributed by atoms with E-state index in [9.17, 15) is 9.59 Å². The lowest BCUT2D eigenvalue weighted by Gasteiger charge is -2.19. The highest BCUT2D eigenvalue weighted by Crippen LogP contribution is 2.25. The van der Waals surface area contributed by atoms with Crippen LogP contribution in [-0.2, 0) is 4.79 Å². The Balaban J connectivity index is 2.25. The normalized spacial score (nSPS) is 23.1. The highest BCUT2D eigenvalue weighted by molar-refractivity contribution is 5.77. The molecule has 0 radical (unpaired) electrons. The van der Waals surface area contributed by atoms with E-state index in [2.05, 4.69) is 22.5 Å². The van der Waals surface area contributed by atoms with E-state index in [0.717, 1.165) is 25.9 Å². The molecule has 1 aliphatic rings. The molecule has 0 aromatic carbocycles. The molecule has 0 aliphatic heterocycles. The number of likely N-dealkylation sites (N-methyl/N-ethyl adjacent to an activating group) is 1. The Morgan fingerprint density at radius 2 is 2.11 bits per heavy atom. The van der Waals surface area contributed by atoms with Gasteiger partial charge in [-0.05, 0) is 26.4 Å². The average Bonchev–Trinajstić information content (AvgIpc) is 2.76. The van der Waals surface area contributed by atoms with Crippen LogP contribution >= 0.6 is 0 Å². The van der Waals surface area contributed by atoms with Crippen LogP contribution in [0.3, 0.4) is 0 Å². The van der Waals surface area contributed by atoms with Gasteiger partial charge in [0.15, 0.2) is 0 Å². The molecule has 0 heterocycles. The van der Waals surface area contributed by atoms with Crippen LogP contribution in [0.25, 0.3) is 0 Å². The zero-order valence-electron chi connectivity index (χ0n) is 11.1. The number of rotatable bonds is 6. The van der Waals surface area contributed by atoms with E-state index >= 15 is 0 Å². The molecule has 1 fully saturated rings. The summed E-state index contributed by atoms with van der Waals surface area (Å²) in [7, 11) is 1.98. The molecule has 2 amide bonds. The first kappa shape index (κ1) is 14.8. The predicted molar refractivity (Wildman–Crippen MR) is 68.5 cm³/mol. The molecule has 1 saturated carbocycles. The number of hydrogen-bond donors (Lipinski definition) is 3.